The van der Waals surface area contributed by atoms with Gasteiger partial charge >= 0.3 is 0 Å². The Morgan fingerprint density at radius 2 is 1.96 bits per heavy atom. The molecule has 0 atom stereocenters. The number of nitrogens with zero attached hydrogens (tertiary/aromatic N) is 1. The molecule has 0 aliphatic rings. The van der Waals surface area contributed by atoms with E-state index in [1.807, 2.05) is 32.0 Å². The summed E-state index contributed by atoms with van der Waals surface area (Å²) in [6.07, 6.45) is 1.87. The standard InChI is InChI=1S/C16H26N2O4S/c1-13-6-7-15(14(2)12-13)17-16(19)8-10-18(23(4,20)21)9-5-11-22-3/h6-7,12H,5,8-11H2,1-4H3,(H,17,19). The molecule has 6 nitrogen and oxygen atoms in total. The van der Waals surface area contributed by atoms with Crippen LogP contribution in [0.1, 0.15) is 24.0 Å². The van der Waals surface area contributed by atoms with Gasteiger partial charge in [-0.3, -0.25) is 4.79 Å². The quantitative estimate of drug-likeness (QED) is 0.696. The van der Waals surface area contributed by atoms with Crippen LogP contribution in [0.4, 0.5) is 5.69 Å². The van der Waals surface area contributed by atoms with E-state index in [0.29, 0.717) is 19.6 Å². The summed E-state index contributed by atoms with van der Waals surface area (Å²) in [5.41, 5.74) is 2.87. The van der Waals surface area contributed by atoms with E-state index in [-0.39, 0.29) is 18.9 Å². The van der Waals surface area contributed by atoms with Gasteiger partial charge in [0.2, 0.25) is 15.9 Å². The number of hydrogen-bond acceptors (Lipinski definition) is 4. The Balaban J connectivity index is 2.57. The molecule has 1 rings (SSSR count). The van der Waals surface area contributed by atoms with Crippen molar-refractivity contribution in [2.75, 3.05) is 38.4 Å². The summed E-state index contributed by atoms with van der Waals surface area (Å²) in [6, 6.07) is 5.77. The molecular formula is C16H26N2O4S. The first-order valence-corrected chi connectivity index (χ1v) is 9.40. The summed E-state index contributed by atoms with van der Waals surface area (Å²) < 4.78 is 29.7. The average Bonchev–Trinajstić information content (AvgIpc) is 2.44. The Hall–Kier alpha value is -1.44. The van der Waals surface area contributed by atoms with Gasteiger partial charge in [0.25, 0.3) is 0 Å². The molecule has 0 spiro atoms. The van der Waals surface area contributed by atoms with Crippen molar-refractivity contribution in [2.45, 2.75) is 26.7 Å². The number of anilines is 1. The molecule has 0 heterocycles. The maximum absolute atomic E-state index is 12.1. The average molecular weight is 342 g/mol. The minimum absolute atomic E-state index is 0.118. The second-order valence-electron chi connectivity index (χ2n) is 5.62. The number of ether oxygens (including phenoxy) is 1. The molecule has 0 aliphatic carbocycles. The summed E-state index contributed by atoms with van der Waals surface area (Å²) in [7, 11) is -1.76. The van der Waals surface area contributed by atoms with E-state index in [2.05, 4.69) is 5.32 Å². The Morgan fingerprint density at radius 3 is 2.52 bits per heavy atom. The number of hydrogen-bond donors (Lipinski definition) is 1. The molecule has 0 aliphatic heterocycles. The molecule has 7 heteroatoms. The highest BCUT2D eigenvalue weighted by Crippen LogP contribution is 2.16. The lowest BCUT2D eigenvalue weighted by Gasteiger charge is -2.19. The van der Waals surface area contributed by atoms with Crippen molar-refractivity contribution in [3.8, 4) is 0 Å². The lowest BCUT2D eigenvalue weighted by molar-refractivity contribution is -0.116. The van der Waals surface area contributed by atoms with Crippen molar-refractivity contribution >= 4 is 21.6 Å². The van der Waals surface area contributed by atoms with Gasteiger partial charge in [0.1, 0.15) is 0 Å². The van der Waals surface area contributed by atoms with Crippen LogP contribution in [0.3, 0.4) is 0 Å². The first kappa shape index (κ1) is 19.6. The number of aryl methyl sites for hydroxylation is 2. The molecule has 23 heavy (non-hydrogen) atoms. The maximum Gasteiger partial charge on any atom is 0.225 e. The molecular weight excluding hydrogens is 316 g/mol. The molecule has 1 aromatic carbocycles. The highest BCUT2D eigenvalue weighted by atomic mass is 32.2. The van der Waals surface area contributed by atoms with Crippen LogP contribution < -0.4 is 5.32 Å². The van der Waals surface area contributed by atoms with Gasteiger partial charge in [0.05, 0.1) is 6.26 Å². The zero-order chi connectivity index (χ0) is 17.5. The summed E-state index contributed by atoms with van der Waals surface area (Å²) >= 11 is 0. The van der Waals surface area contributed by atoms with Crippen molar-refractivity contribution in [1.82, 2.24) is 4.31 Å². The van der Waals surface area contributed by atoms with E-state index in [0.717, 1.165) is 23.1 Å². The number of rotatable bonds is 9. The predicted molar refractivity (Wildman–Crippen MR) is 92.1 cm³/mol. The molecule has 0 saturated carbocycles. The van der Waals surface area contributed by atoms with Gasteiger partial charge in [0, 0.05) is 38.9 Å². The van der Waals surface area contributed by atoms with Crippen LogP contribution in [0, 0.1) is 13.8 Å². The number of methoxy groups -OCH3 is 1. The Kier molecular flexibility index (Phi) is 7.67. The number of nitrogens with one attached hydrogen (secondary N) is 1. The molecule has 0 fully saturated rings. The Bertz CT molecular complexity index is 629. The molecule has 0 saturated heterocycles. The molecule has 1 N–H and O–H groups in total. The Morgan fingerprint density at radius 1 is 1.26 bits per heavy atom. The van der Waals surface area contributed by atoms with Crippen LogP contribution in [0.5, 0.6) is 0 Å². The van der Waals surface area contributed by atoms with Gasteiger partial charge in [-0.25, -0.2) is 12.7 Å². The lowest BCUT2D eigenvalue weighted by atomic mass is 10.1. The van der Waals surface area contributed by atoms with Crippen LogP contribution in [-0.4, -0.2) is 51.7 Å². The second-order valence-corrected chi connectivity index (χ2v) is 7.61. The zero-order valence-corrected chi connectivity index (χ0v) is 15.1. The van der Waals surface area contributed by atoms with Gasteiger partial charge in [0.15, 0.2) is 0 Å². The fraction of sp³-hybridized carbons (Fsp3) is 0.562. The minimum Gasteiger partial charge on any atom is -0.385 e. The monoisotopic (exact) mass is 342 g/mol. The van der Waals surface area contributed by atoms with Crippen molar-refractivity contribution in [3.05, 3.63) is 29.3 Å². The van der Waals surface area contributed by atoms with E-state index >= 15 is 0 Å². The fourth-order valence-electron chi connectivity index (χ4n) is 2.22. The third kappa shape index (κ3) is 7.11. The lowest BCUT2D eigenvalue weighted by Crippen LogP contribution is -2.34. The van der Waals surface area contributed by atoms with E-state index in [1.54, 1.807) is 7.11 Å². The van der Waals surface area contributed by atoms with Crippen molar-refractivity contribution in [3.63, 3.8) is 0 Å². The summed E-state index contributed by atoms with van der Waals surface area (Å²) in [5, 5.41) is 2.83. The van der Waals surface area contributed by atoms with E-state index in [4.69, 9.17) is 4.74 Å². The topological polar surface area (TPSA) is 75.7 Å². The van der Waals surface area contributed by atoms with Gasteiger partial charge in [-0.2, -0.15) is 0 Å². The Labute approximate surface area is 138 Å². The van der Waals surface area contributed by atoms with Gasteiger partial charge in [-0.1, -0.05) is 17.7 Å². The van der Waals surface area contributed by atoms with Crippen molar-refractivity contribution < 1.29 is 17.9 Å². The first-order chi connectivity index (χ1) is 10.7. The van der Waals surface area contributed by atoms with E-state index < -0.39 is 10.0 Å². The van der Waals surface area contributed by atoms with Crippen molar-refractivity contribution in [2.24, 2.45) is 0 Å². The predicted octanol–water partition coefficient (Wildman–Crippen LogP) is 1.93. The number of amides is 1. The molecule has 1 aromatic rings. The summed E-state index contributed by atoms with van der Waals surface area (Å²) in [5.74, 6) is -0.197. The normalized spacial score (nSPS) is 11.7. The van der Waals surface area contributed by atoms with Gasteiger partial charge in [-0.15, -0.1) is 0 Å². The van der Waals surface area contributed by atoms with Gasteiger partial charge in [-0.05, 0) is 31.9 Å². The molecule has 0 aromatic heterocycles. The summed E-state index contributed by atoms with van der Waals surface area (Å²) in [4.78, 5) is 12.1. The van der Waals surface area contributed by atoms with Crippen LogP contribution >= 0.6 is 0 Å². The van der Waals surface area contributed by atoms with Crippen molar-refractivity contribution in [1.29, 1.82) is 0 Å². The number of carbonyl (C=O) groups is 1. The number of sulfonamides is 1. The third-order valence-electron chi connectivity index (χ3n) is 3.47. The minimum atomic E-state index is -3.33. The second kappa shape index (κ2) is 9.00. The molecule has 0 radical (unpaired) electrons. The largest absolute Gasteiger partial charge is 0.385 e. The molecule has 130 valence electrons. The smallest absolute Gasteiger partial charge is 0.225 e. The number of carbonyl (C=O) groups excluding carboxylic acids is 1. The fourth-order valence-corrected chi connectivity index (χ4v) is 3.11. The zero-order valence-electron chi connectivity index (χ0n) is 14.3. The maximum atomic E-state index is 12.1. The summed E-state index contributed by atoms with van der Waals surface area (Å²) in [6.45, 7) is 4.92. The molecule has 0 unspecified atom stereocenters. The van der Waals surface area contributed by atoms with Crippen LogP contribution in [0.25, 0.3) is 0 Å². The number of benzene rings is 1. The van der Waals surface area contributed by atoms with Gasteiger partial charge < -0.3 is 10.1 Å². The van der Waals surface area contributed by atoms with E-state index in [9.17, 15) is 13.2 Å². The SMILES string of the molecule is COCCCN(CCC(=O)Nc1ccc(C)cc1C)S(C)(=O)=O. The van der Waals surface area contributed by atoms with Crippen LogP contribution in [0.15, 0.2) is 18.2 Å². The highest BCUT2D eigenvalue weighted by Gasteiger charge is 2.17. The van der Waals surface area contributed by atoms with E-state index in [1.165, 1.54) is 4.31 Å². The van der Waals surface area contributed by atoms with Crippen LogP contribution in [0.2, 0.25) is 0 Å². The highest BCUT2D eigenvalue weighted by molar-refractivity contribution is 7.88. The molecule has 0 bridgehead atoms. The first-order valence-electron chi connectivity index (χ1n) is 7.55. The van der Waals surface area contributed by atoms with Crippen LogP contribution in [-0.2, 0) is 19.6 Å². The third-order valence-corrected chi connectivity index (χ3v) is 4.77. The molecule has 1 amide bonds.